The molecule has 0 atom stereocenters. The number of methoxy groups -OCH3 is 1. The predicted molar refractivity (Wildman–Crippen MR) is 73.8 cm³/mol. The Morgan fingerprint density at radius 2 is 1.65 bits per heavy atom. The number of carboxylic acids is 2. The van der Waals surface area contributed by atoms with Crippen molar-refractivity contribution in [2.24, 2.45) is 5.92 Å². The molecule has 1 aromatic rings. The second-order valence-electron chi connectivity index (χ2n) is 4.68. The van der Waals surface area contributed by atoms with Crippen molar-refractivity contribution in [3.8, 4) is 5.75 Å². The van der Waals surface area contributed by atoms with Crippen LogP contribution < -0.4 is 4.74 Å². The second kappa shape index (κ2) is 6.75. The van der Waals surface area contributed by atoms with Crippen molar-refractivity contribution in [2.75, 3.05) is 7.11 Å². The van der Waals surface area contributed by atoms with Gasteiger partial charge < -0.3 is 14.9 Å². The molecule has 0 spiro atoms. The molecule has 0 fully saturated rings. The van der Waals surface area contributed by atoms with Crippen LogP contribution in [0.1, 0.15) is 19.4 Å². The molecule has 1 rings (SSSR count). The van der Waals surface area contributed by atoms with Gasteiger partial charge in [0.05, 0.1) is 18.3 Å². The van der Waals surface area contributed by atoms with Crippen molar-refractivity contribution in [2.45, 2.75) is 20.3 Å². The third-order valence-electron chi connectivity index (χ3n) is 2.93. The van der Waals surface area contributed by atoms with Crippen LogP contribution in [0.25, 0.3) is 0 Å². The largest absolute Gasteiger partial charge is 0.497 e. The lowest BCUT2D eigenvalue weighted by Crippen LogP contribution is -2.17. The third-order valence-corrected chi connectivity index (χ3v) is 2.93. The fourth-order valence-corrected chi connectivity index (χ4v) is 1.96. The maximum Gasteiger partial charge on any atom is 0.332 e. The highest BCUT2D eigenvalue weighted by molar-refractivity contribution is 5.99. The Kier molecular flexibility index (Phi) is 5.32. The zero-order valence-corrected chi connectivity index (χ0v) is 11.7. The summed E-state index contributed by atoms with van der Waals surface area (Å²) in [6.45, 7) is 3.33. The van der Waals surface area contributed by atoms with Gasteiger partial charge in [0.1, 0.15) is 5.75 Å². The number of carboxylic acid groups (broad SMARTS) is 2. The van der Waals surface area contributed by atoms with Crippen LogP contribution in [0.15, 0.2) is 35.4 Å². The first-order valence-electron chi connectivity index (χ1n) is 6.19. The first-order chi connectivity index (χ1) is 9.36. The highest BCUT2D eigenvalue weighted by atomic mass is 16.5. The number of hydrogen-bond acceptors (Lipinski definition) is 3. The van der Waals surface area contributed by atoms with Crippen LogP contribution in [-0.2, 0) is 16.0 Å². The molecule has 0 aromatic heterocycles. The van der Waals surface area contributed by atoms with Gasteiger partial charge in [0, 0.05) is 6.42 Å². The number of rotatable bonds is 6. The summed E-state index contributed by atoms with van der Waals surface area (Å²) in [5, 5.41) is 18.4. The normalized spacial score (nSPS) is 12.0. The van der Waals surface area contributed by atoms with Gasteiger partial charge in [-0.1, -0.05) is 26.0 Å². The molecule has 0 unspecified atom stereocenters. The van der Waals surface area contributed by atoms with Crippen molar-refractivity contribution in [3.63, 3.8) is 0 Å². The number of hydrogen-bond donors (Lipinski definition) is 2. The van der Waals surface area contributed by atoms with E-state index in [1.165, 1.54) is 0 Å². The lowest BCUT2D eigenvalue weighted by Gasteiger charge is -2.12. The molecule has 0 radical (unpaired) electrons. The van der Waals surface area contributed by atoms with E-state index in [0.717, 1.165) is 5.56 Å². The Morgan fingerprint density at radius 3 is 2.00 bits per heavy atom. The van der Waals surface area contributed by atoms with Gasteiger partial charge in [0.25, 0.3) is 0 Å². The second-order valence-corrected chi connectivity index (χ2v) is 4.68. The molecule has 0 heterocycles. The van der Waals surface area contributed by atoms with Gasteiger partial charge in [-0.25, -0.2) is 9.59 Å². The Morgan fingerprint density at radius 1 is 1.10 bits per heavy atom. The SMILES string of the molecule is COc1ccc(C/C(C(=O)O)=C(/C(=O)O)C(C)C)cc1. The predicted octanol–water partition coefficient (Wildman–Crippen LogP) is 2.36. The fourth-order valence-electron chi connectivity index (χ4n) is 1.96. The molecule has 0 bridgehead atoms. The highest BCUT2D eigenvalue weighted by Gasteiger charge is 2.22. The van der Waals surface area contributed by atoms with Crippen molar-refractivity contribution >= 4 is 11.9 Å². The average molecular weight is 278 g/mol. The lowest BCUT2D eigenvalue weighted by atomic mass is 9.93. The molecule has 0 saturated heterocycles. The van der Waals surface area contributed by atoms with Gasteiger partial charge in [-0.3, -0.25) is 0 Å². The summed E-state index contributed by atoms with van der Waals surface area (Å²) in [5.41, 5.74) is 0.577. The molecule has 2 N–H and O–H groups in total. The van der Waals surface area contributed by atoms with Gasteiger partial charge in [-0.2, -0.15) is 0 Å². The maximum absolute atomic E-state index is 11.3. The summed E-state index contributed by atoms with van der Waals surface area (Å²) < 4.78 is 5.02. The van der Waals surface area contributed by atoms with E-state index in [0.29, 0.717) is 5.75 Å². The molecule has 5 heteroatoms. The van der Waals surface area contributed by atoms with Crippen LogP contribution in [0.4, 0.5) is 0 Å². The Balaban J connectivity index is 3.17. The molecular weight excluding hydrogens is 260 g/mol. The van der Waals surface area contributed by atoms with Crippen LogP contribution in [0.5, 0.6) is 5.75 Å². The Labute approximate surface area is 117 Å². The van der Waals surface area contributed by atoms with E-state index in [1.807, 2.05) is 0 Å². The zero-order chi connectivity index (χ0) is 15.3. The van der Waals surface area contributed by atoms with E-state index in [4.69, 9.17) is 4.74 Å². The number of aliphatic carboxylic acids is 2. The minimum atomic E-state index is -1.20. The van der Waals surface area contributed by atoms with Crippen molar-refractivity contribution in [1.82, 2.24) is 0 Å². The minimum absolute atomic E-state index is 0.0617. The van der Waals surface area contributed by atoms with Crippen molar-refractivity contribution in [1.29, 1.82) is 0 Å². The van der Waals surface area contributed by atoms with Crippen LogP contribution in [0.2, 0.25) is 0 Å². The lowest BCUT2D eigenvalue weighted by molar-refractivity contribution is -0.136. The van der Waals surface area contributed by atoms with E-state index in [2.05, 4.69) is 0 Å². The summed E-state index contributed by atoms with van der Waals surface area (Å²) in [4.78, 5) is 22.6. The topological polar surface area (TPSA) is 83.8 Å². The summed E-state index contributed by atoms with van der Waals surface area (Å²) in [6, 6.07) is 6.87. The first-order valence-corrected chi connectivity index (χ1v) is 6.19. The molecule has 108 valence electrons. The number of carbonyl (C=O) groups is 2. The third kappa shape index (κ3) is 3.85. The molecule has 20 heavy (non-hydrogen) atoms. The van der Waals surface area contributed by atoms with E-state index < -0.39 is 11.9 Å². The molecule has 1 aromatic carbocycles. The van der Waals surface area contributed by atoms with Gasteiger partial charge in [0.15, 0.2) is 0 Å². The van der Waals surface area contributed by atoms with Gasteiger partial charge in [0.2, 0.25) is 0 Å². The average Bonchev–Trinajstić information content (AvgIpc) is 2.37. The molecule has 0 aliphatic heterocycles. The van der Waals surface area contributed by atoms with E-state index in [9.17, 15) is 19.8 Å². The number of ether oxygens (including phenoxy) is 1. The maximum atomic E-state index is 11.3. The quantitative estimate of drug-likeness (QED) is 0.780. The fraction of sp³-hybridized carbons (Fsp3) is 0.333. The molecule has 5 nitrogen and oxygen atoms in total. The van der Waals surface area contributed by atoms with Crippen molar-refractivity contribution < 1.29 is 24.5 Å². The van der Waals surface area contributed by atoms with E-state index in [-0.39, 0.29) is 23.5 Å². The summed E-state index contributed by atoms with van der Waals surface area (Å²) in [6.07, 6.45) is 0.0686. The van der Waals surface area contributed by atoms with Crippen LogP contribution in [-0.4, -0.2) is 29.3 Å². The van der Waals surface area contributed by atoms with Crippen LogP contribution in [0.3, 0.4) is 0 Å². The van der Waals surface area contributed by atoms with Gasteiger partial charge in [-0.05, 0) is 23.6 Å². The Hall–Kier alpha value is -2.30. The molecule has 0 amide bonds. The van der Waals surface area contributed by atoms with Crippen LogP contribution >= 0.6 is 0 Å². The highest BCUT2D eigenvalue weighted by Crippen LogP contribution is 2.21. The van der Waals surface area contributed by atoms with Gasteiger partial charge >= 0.3 is 11.9 Å². The number of benzene rings is 1. The minimum Gasteiger partial charge on any atom is -0.497 e. The monoisotopic (exact) mass is 278 g/mol. The summed E-state index contributed by atoms with van der Waals surface area (Å²) in [5.74, 6) is -2.09. The van der Waals surface area contributed by atoms with E-state index >= 15 is 0 Å². The molecule has 0 aliphatic carbocycles. The molecular formula is C15H18O5. The molecule has 0 saturated carbocycles. The summed E-state index contributed by atoms with van der Waals surface area (Å²) in [7, 11) is 1.54. The van der Waals surface area contributed by atoms with Crippen molar-refractivity contribution in [3.05, 3.63) is 41.0 Å². The first kappa shape index (κ1) is 15.8. The smallest absolute Gasteiger partial charge is 0.332 e. The van der Waals surface area contributed by atoms with Gasteiger partial charge in [-0.15, -0.1) is 0 Å². The van der Waals surface area contributed by atoms with E-state index in [1.54, 1.807) is 45.2 Å². The molecule has 0 aliphatic rings. The Bertz CT molecular complexity index is 526. The summed E-state index contributed by atoms with van der Waals surface area (Å²) >= 11 is 0. The zero-order valence-electron chi connectivity index (χ0n) is 11.7. The van der Waals surface area contributed by atoms with Crippen LogP contribution in [0, 0.1) is 5.92 Å². The standard InChI is InChI=1S/C15H18O5/c1-9(2)13(15(18)19)12(14(16)17)8-10-4-6-11(20-3)7-5-10/h4-7,9H,8H2,1-3H3,(H,16,17)(H,18,19)/b13-12-.